The smallest absolute Gasteiger partial charge is 0.270 e. The Morgan fingerprint density at radius 2 is 1.68 bits per heavy atom. The van der Waals surface area contributed by atoms with E-state index in [0.29, 0.717) is 52.6 Å². The van der Waals surface area contributed by atoms with E-state index < -0.39 is 11.6 Å². The summed E-state index contributed by atoms with van der Waals surface area (Å²) in [6.45, 7) is 2.39. The molecule has 2 heterocycles. The molecule has 1 amide bonds. The van der Waals surface area contributed by atoms with Crippen LogP contribution in [0, 0.1) is 18.6 Å². The number of carbonyl (C=O) groups excluding carboxylic acids is 1. The number of methoxy groups -OCH3 is 2. The van der Waals surface area contributed by atoms with E-state index in [4.69, 9.17) is 13.9 Å². The SMILES string of the molecule is COc1ccc(CCN(C)C(=O)c2cc3oc(C)cc3n2Cc2cc(F)cc(F)c2)cc1OC. The minimum absolute atomic E-state index is 0.127. The summed E-state index contributed by atoms with van der Waals surface area (Å²) in [4.78, 5) is 15.0. The third-order valence-electron chi connectivity index (χ3n) is 5.73. The lowest BCUT2D eigenvalue weighted by atomic mass is 10.1. The molecular formula is C26H26F2N2O4. The van der Waals surface area contributed by atoms with Crippen LogP contribution in [0.5, 0.6) is 11.5 Å². The number of furan rings is 1. The fourth-order valence-corrected chi connectivity index (χ4v) is 4.03. The van der Waals surface area contributed by atoms with Gasteiger partial charge in [-0.3, -0.25) is 4.79 Å². The summed E-state index contributed by atoms with van der Waals surface area (Å²) >= 11 is 0. The fourth-order valence-electron chi connectivity index (χ4n) is 4.03. The highest BCUT2D eigenvalue weighted by Crippen LogP contribution is 2.28. The van der Waals surface area contributed by atoms with Gasteiger partial charge in [-0.15, -0.1) is 0 Å². The number of ether oxygens (including phenoxy) is 2. The van der Waals surface area contributed by atoms with E-state index in [2.05, 4.69) is 0 Å². The first-order valence-electron chi connectivity index (χ1n) is 10.8. The largest absolute Gasteiger partial charge is 0.493 e. The van der Waals surface area contributed by atoms with Crippen molar-refractivity contribution in [2.24, 2.45) is 0 Å². The van der Waals surface area contributed by atoms with Gasteiger partial charge in [0.1, 0.15) is 23.1 Å². The van der Waals surface area contributed by atoms with Gasteiger partial charge in [0.2, 0.25) is 0 Å². The maximum Gasteiger partial charge on any atom is 0.270 e. The number of hydrogen-bond donors (Lipinski definition) is 0. The number of aromatic nitrogens is 1. The van der Waals surface area contributed by atoms with Gasteiger partial charge in [0.25, 0.3) is 5.91 Å². The summed E-state index contributed by atoms with van der Waals surface area (Å²) in [5.74, 6) is 0.399. The molecule has 0 saturated heterocycles. The number of nitrogens with zero attached hydrogens (tertiary/aromatic N) is 2. The first-order valence-corrected chi connectivity index (χ1v) is 10.8. The van der Waals surface area contributed by atoms with Crippen molar-refractivity contribution in [2.45, 2.75) is 19.9 Å². The summed E-state index contributed by atoms with van der Waals surface area (Å²) in [5, 5.41) is 0. The summed E-state index contributed by atoms with van der Waals surface area (Å²) in [6, 6.07) is 12.5. The molecule has 0 aliphatic carbocycles. The van der Waals surface area contributed by atoms with Crippen molar-refractivity contribution in [2.75, 3.05) is 27.8 Å². The first-order chi connectivity index (χ1) is 16.3. The highest BCUT2D eigenvalue weighted by molar-refractivity contribution is 5.97. The normalized spacial score (nSPS) is 11.1. The van der Waals surface area contributed by atoms with Crippen LogP contribution in [0.4, 0.5) is 8.78 Å². The molecule has 0 aliphatic rings. The molecule has 178 valence electrons. The number of rotatable bonds is 8. The van der Waals surface area contributed by atoms with Crippen LogP contribution in [0.15, 0.2) is 52.9 Å². The highest BCUT2D eigenvalue weighted by atomic mass is 19.1. The van der Waals surface area contributed by atoms with Gasteiger partial charge in [-0.2, -0.15) is 0 Å². The van der Waals surface area contributed by atoms with E-state index in [9.17, 15) is 13.6 Å². The van der Waals surface area contributed by atoms with Crippen molar-refractivity contribution < 1.29 is 27.5 Å². The van der Waals surface area contributed by atoms with Crippen LogP contribution in [0.3, 0.4) is 0 Å². The Morgan fingerprint density at radius 1 is 0.971 bits per heavy atom. The lowest BCUT2D eigenvalue weighted by molar-refractivity contribution is 0.0787. The second-order valence-electron chi connectivity index (χ2n) is 8.17. The molecule has 0 saturated carbocycles. The van der Waals surface area contributed by atoms with Gasteiger partial charge in [0.15, 0.2) is 17.1 Å². The van der Waals surface area contributed by atoms with Crippen molar-refractivity contribution in [3.05, 3.63) is 82.7 Å². The molecule has 34 heavy (non-hydrogen) atoms. The molecule has 2 aromatic carbocycles. The molecule has 0 N–H and O–H groups in total. The summed E-state index contributed by atoms with van der Waals surface area (Å²) in [6.07, 6.45) is 0.605. The van der Waals surface area contributed by atoms with E-state index in [1.165, 1.54) is 12.1 Å². The van der Waals surface area contributed by atoms with Crippen LogP contribution in [0.2, 0.25) is 0 Å². The number of amides is 1. The van der Waals surface area contributed by atoms with E-state index >= 15 is 0 Å². The number of fused-ring (bicyclic) bond motifs is 1. The molecule has 4 aromatic rings. The maximum atomic E-state index is 13.8. The van der Waals surface area contributed by atoms with E-state index in [1.54, 1.807) is 36.8 Å². The third-order valence-corrected chi connectivity index (χ3v) is 5.73. The number of hydrogen-bond acceptors (Lipinski definition) is 4. The minimum atomic E-state index is -0.665. The molecule has 6 nitrogen and oxygen atoms in total. The summed E-state index contributed by atoms with van der Waals surface area (Å²) in [7, 11) is 4.87. The molecule has 0 atom stereocenters. The Labute approximate surface area is 196 Å². The van der Waals surface area contributed by atoms with E-state index in [0.717, 1.165) is 11.6 Å². The molecule has 8 heteroatoms. The van der Waals surface area contributed by atoms with Gasteiger partial charge < -0.3 is 23.4 Å². The van der Waals surface area contributed by atoms with Crippen LogP contribution < -0.4 is 9.47 Å². The average Bonchev–Trinajstić information content (AvgIpc) is 3.32. The molecule has 2 aromatic heterocycles. The molecule has 0 radical (unpaired) electrons. The minimum Gasteiger partial charge on any atom is -0.493 e. The second-order valence-corrected chi connectivity index (χ2v) is 8.17. The van der Waals surface area contributed by atoms with Crippen molar-refractivity contribution in [1.82, 2.24) is 9.47 Å². The van der Waals surface area contributed by atoms with Crippen molar-refractivity contribution in [3.8, 4) is 11.5 Å². The van der Waals surface area contributed by atoms with Gasteiger partial charge in [-0.1, -0.05) is 6.07 Å². The number of carbonyl (C=O) groups is 1. The number of likely N-dealkylation sites (N-methyl/N-ethyl adjacent to an activating group) is 1. The topological polar surface area (TPSA) is 56.8 Å². The predicted molar refractivity (Wildman–Crippen MR) is 125 cm³/mol. The van der Waals surface area contributed by atoms with Crippen LogP contribution >= 0.6 is 0 Å². The molecule has 0 aliphatic heterocycles. The van der Waals surface area contributed by atoms with Crippen molar-refractivity contribution in [1.29, 1.82) is 0 Å². The standard InChI is InChI=1S/C26H26F2N2O4/c1-16-9-21-24(34-16)14-22(30(21)15-18-10-19(27)13-20(28)11-18)26(31)29(2)8-7-17-5-6-23(32-3)25(12-17)33-4/h5-6,9-14H,7-8,15H2,1-4H3. The third kappa shape index (κ3) is 4.76. The zero-order chi connectivity index (χ0) is 24.4. The zero-order valence-corrected chi connectivity index (χ0v) is 19.5. The number of benzene rings is 2. The first kappa shape index (κ1) is 23.4. The number of aryl methyl sites for hydroxylation is 1. The Hall–Kier alpha value is -3.81. The molecule has 0 bridgehead atoms. The molecular weight excluding hydrogens is 442 g/mol. The Kier molecular flexibility index (Phi) is 6.58. The fraction of sp³-hybridized carbons (Fsp3) is 0.269. The quantitative estimate of drug-likeness (QED) is 0.357. The average molecular weight is 469 g/mol. The van der Waals surface area contributed by atoms with Crippen LogP contribution in [0.25, 0.3) is 11.1 Å². The van der Waals surface area contributed by atoms with Crippen LogP contribution in [-0.4, -0.2) is 43.2 Å². The van der Waals surface area contributed by atoms with Crippen molar-refractivity contribution >= 4 is 17.0 Å². The van der Waals surface area contributed by atoms with Gasteiger partial charge in [-0.25, -0.2) is 8.78 Å². The van der Waals surface area contributed by atoms with Gasteiger partial charge in [0, 0.05) is 38.3 Å². The Bertz CT molecular complexity index is 1320. The Balaban J connectivity index is 1.58. The zero-order valence-electron chi connectivity index (χ0n) is 19.5. The lowest BCUT2D eigenvalue weighted by Gasteiger charge is -2.19. The molecule has 0 fully saturated rings. The molecule has 0 spiro atoms. The lowest BCUT2D eigenvalue weighted by Crippen LogP contribution is -2.30. The molecule has 0 unspecified atom stereocenters. The van der Waals surface area contributed by atoms with Crippen molar-refractivity contribution in [3.63, 3.8) is 0 Å². The maximum absolute atomic E-state index is 13.8. The van der Waals surface area contributed by atoms with Crippen LogP contribution in [0.1, 0.15) is 27.4 Å². The van der Waals surface area contributed by atoms with Gasteiger partial charge >= 0.3 is 0 Å². The van der Waals surface area contributed by atoms with Gasteiger partial charge in [0.05, 0.1) is 19.7 Å². The summed E-state index contributed by atoms with van der Waals surface area (Å²) in [5.41, 5.74) is 3.03. The van der Waals surface area contributed by atoms with Crippen LogP contribution in [-0.2, 0) is 13.0 Å². The highest BCUT2D eigenvalue weighted by Gasteiger charge is 2.22. The number of halogens is 2. The van der Waals surface area contributed by atoms with E-state index in [1.807, 2.05) is 31.2 Å². The molecule has 4 rings (SSSR count). The monoisotopic (exact) mass is 468 g/mol. The van der Waals surface area contributed by atoms with E-state index in [-0.39, 0.29) is 12.5 Å². The second kappa shape index (κ2) is 9.59. The summed E-state index contributed by atoms with van der Waals surface area (Å²) < 4.78 is 45.6. The van der Waals surface area contributed by atoms with Gasteiger partial charge in [-0.05, 0) is 48.7 Å². The Morgan fingerprint density at radius 3 is 2.35 bits per heavy atom. The predicted octanol–water partition coefficient (Wildman–Crippen LogP) is 5.20.